The van der Waals surface area contributed by atoms with Gasteiger partial charge in [0.1, 0.15) is 10.5 Å². The maximum atomic E-state index is 8.00. The number of hydrogen-bond acceptors (Lipinski definition) is 2. The average molecular weight is 235 g/mol. The van der Waals surface area contributed by atoms with Gasteiger partial charge in [0.2, 0.25) is 0 Å². The SMILES string of the molecule is C=O.Ic1ccccn1. The van der Waals surface area contributed by atoms with E-state index in [2.05, 4.69) is 27.6 Å². The van der Waals surface area contributed by atoms with Crippen LogP contribution in [0.3, 0.4) is 0 Å². The van der Waals surface area contributed by atoms with Gasteiger partial charge in [0.05, 0.1) is 0 Å². The molecule has 0 radical (unpaired) electrons. The van der Waals surface area contributed by atoms with E-state index >= 15 is 0 Å². The largest absolute Gasteiger partial charge is 0.307 e. The maximum Gasteiger partial charge on any atom is 0.106 e. The molecule has 1 heterocycles. The van der Waals surface area contributed by atoms with Crippen LogP contribution in [0.1, 0.15) is 0 Å². The van der Waals surface area contributed by atoms with Crippen molar-refractivity contribution in [1.29, 1.82) is 0 Å². The predicted octanol–water partition coefficient (Wildman–Crippen LogP) is 1.50. The Morgan fingerprint density at radius 1 is 1.44 bits per heavy atom. The summed E-state index contributed by atoms with van der Waals surface area (Å²) in [4.78, 5) is 12.0. The smallest absolute Gasteiger partial charge is 0.106 e. The zero-order valence-corrected chi connectivity index (χ0v) is 6.91. The van der Waals surface area contributed by atoms with E-state index in [1.165, 1.54) is 0 Å². The molecule has 0 fully saturated rings. The summed E-state index contributed by atoms with van der Waals surface area (Å²) in [7, 11) is 0. The van der Waals surface area contributed by atoms with Crippen molar-refractivity contribution in [1.82, 2.24) is 4.98 Å². The van der Waals surface area contributed by atoms with Crippen LogP contribution in [0.15, 0.2) is 24.4 Å². The number of rotatable bonds is 0. The molecule has 0 aliphatic heterocycles. The van der Waals surface area contributed by atoms with Gasteiger partial charge in [0.15, 0.2) is 0 Å². The first-order chi connectivity index (χ1) is 4.39. The molecule has 1 aromatic rings. The summed E-state index contributed by atoms with van der Waals surface area (Å²) in [6.07, 6.45) is 1.78. The fraction of sp³-hybridized carbons (Fsp3) is 0. The second-order valence-corrected chi connectivity index (χ2v) is 2.26. The van der Waals surface area contributed by atoms with Gasteiger partial charge in [-0.15, -0.1) is 0 Å². The van der Waals surface area contributed by atoms with Gasteiger partial charge in [-0.1, -0.05) is 6.07 Å². The Bertz CT molecular complexity index is 154. The highest BCUT2D eigenvalue weighted by molar-refractivity contribution is 14.1. The number of pyridine rings is 1. The third kappa shape index (κ3) is 4.08. The summed E-state index contributed by atoms with van der Waals surface area (Å²) in [5.41, 5.74) is 0. The van der Waals surface area contributed by atoms with Crippen molar-refractivity contribution < 1.29 is 4.79 Å². The number of nitrogens with zero attached hydrogens (tertiary/aromatic N) is 1. The van der Waals surface area contributed by atoms with Crippen molar-refractivity contribution in [2.75, 3.05) is 0 Å². The lowest BCUT2D eigenvalue weighted by Gasteiger charge is -1.80. The monoisotopic (exact) mass is 235 g/mol. The van der Waals surface area contributed by atoms with Crippen molar-refractivity contribution in [3.05, 3.63) is 28.1 Å². The minimum Gasteiger partial charge on any atom is -0.307 e. The van der Waals surface area contributed by atoms with E-state index in [0.717, 1.165) is 3.70 Å². The highest BCUT2D eigenvalue weighted by Gasteiger charge is 1.75. The van der Waals surface area contributed by atoms with Crippen LogP contribution in [-0.4, -0.2) is 11.8 Å². The molecule has 0 N–H and O–H groups in total. The van der Waals surface area contributed by atoms with E-state index in [1.54, 1.807) is 6.20 Å². The van der Waals surface area contributed by atoms with Gasteiger partial charge in [0.25, 0.3) is 0 Å². The molecule has 0 bridgehead atoms. The van der Waals surface area contributed by atoms with Crippen LogP contribution in [0.4, 0.5) is 0 Å². The molecule has 0 saturated carbocycles. The highest BCUT2D eigenvalue weighted by atomic mass is 127. The first-order valence-corrected chi connectivity index (χ1v) is 3.33. The fourth-order valence-electron chi connectivity index (χ4n) is 0.342. The molecule has 0 unspecified atom stereocenters. The Hall–Kier alpha value is -0.450. The molecule has 0 aliphatic carbocycles. The third-order valence-corrected chi connectivity index (χ3v) is 1.27. The molecule has 0 aromatic carbocycles. The van der Waals surface area contributed by atoms with E-state index < -0.39 is 0 Å². The summed E-state index contributed by atoms with van der Waals surface area (Å²) < 4.78 is 1.04. The maximum absolute atomic E-state index is 8.00. The van der Waals surface area contributed by atoms with E-state index in [9.17, 15) is 0 Å². The van der Waals surface area contributed by atoms with E-state index in [1.807, 2.05) is 25.0 Å². The van der Waals surface area contributed by atoms with E-state index in [4.69, 9.17) is 4.79 Å². The lowest BCUT2D eigenvalue weighted by molar-refractivity contribution is -0.0979. The molecular formula is C6H6INO. The molecule has 0 spiro atoms. The Kier molecular flexibility index (Phi) is 5.40. The van der Waals surface area contributed by atoms with E-state index in [0.29, 0.717) is 0 Å². The van der Waals surface area contributed by atoms with Gasteiger partial charge >= 0.3 is 0 Å². The number of carbonyl (C=O) groups is 1. The second-order valence-electron chi connectivity index (χ2n) is 1.15. The van der Waals surface area contributed by atoms with Gasteiger partial charge < -0.3 is 4.79 Å². The standard InChI is InChI=1S/C5H4IN.CH2O/c6-5-3-1-2-4-7-5;1-2/h1-4H;1H2. The van der Waals surface area contributed by atoms with Crippen molar-refractivity contribution in [2.45, 2.75) is 0 Å². The van der Waals surface area contributed by atoms with Crippen LogP contribution >= 0.6 is 22.6 Å². The first-order valence-electron chi connectivity index (χ1n) is 2.25. The van der Waals surface area contributed by atoms with Gasteiger partial charge in [0, 0.05) is 6.20 Å². The molecule has 3 heteroatoms. The molecular weight excluding hydrogens is 229 g/mol. The normalized spacial score (nSPS) is 7.22. The molecule has 1 aromatic heterocycles. The van der Waals surface area contributed by atoms with Crippen LogP contribution in [-0.2, 0) is 4.79 Å². The Morgan fingerprint density at radius 3 is 2.33 bits per heavy atom. The lowest BCUT2D eigenvalue weighted by atomic mass is 10.5. The Labute approximate surface area is 67.4 Å². The molecule has 9 heavy (non-hydrogen) atoms. The molecule has 1 rings (SSSR count). The summed E-state index contributed by atoms with van der Waals surface area (Å²) in [5, 5.41) is 0. The Balaban J connectivity index is 0.000000291. The first kappa shape index (κ1) is 8.55. The number of halogens is 1. The fourth-order valence-corrected chi connectivity index (χ4v) is 0.710. The summed E-state index contributed by atoms with van der Waals surface area (Å²) in [6, 6.07) is 5.83. The van der Waals surface area contributed by atoms with Crippen LogP contribution < -0.4 is 0 Å². The quantitative estimate of drug-likeness (QED) is 0.503. The highest BCUT2D eigenvalue weighted by Crippen LogP contribution is 1.94. The van der Waals surface area contributed by atoms with E-state index in [-0.39, 0.29) is 0 Å². The molecule has 48 valence electrons. The van der Waals surface area contributed by atoms with Crippen molar-refractivity contribution in [3.8, 4) is 0 Å². The second kappa shape index (κ2) is 5.68. The molecule has 0 aliphatic rings. The van der Waals surface area contributed by atoms with Gasteiger partial charge in [-0.05, 0) is 34.7 Å². The minimum absolute atomic E-state index is 1.04. The third-order valence-electron chi connectivity index (χ3n) is 0.629. The van der Waals surface area contributed by atoms with Gasteiger partial charge in [-0.2, -0.15) is 0 Å². The van der Waals surface area contributed by atoms with Crippen LogP contribution in [0.25, 0.3) is 0 Å². The summed E-state index contributed by atoms with van der Waals surface area (Å²) in [5.74, 6) is 0. The topological polar surface area (TPSA) is 30.0 Å². The zero-order chi connectivity index (χ0) is 7.11. The summed E-state index contributed by atoms with van der Waals surface area (Å²) >= 11 is 2.17. The zero-order valence-electron chi connectivity index (χ0n) is 4.75. The van der Waals surface area contributed by atoms with Crippen LogP contribution in [0, 0.1) is 3.70 Å². The van der Waals surface area contributed by atoms with Crippen LogP contribution in [0.2, 0.25) is 0 Å². The predicted molar refractivity (Wildman–Crippen MR) is 44.1 cm³/mol. The number of carbonyl (C=O) groups excluding carboxylic acids is 1. The van der Waals surface area contributed by atoms with Crippen molar-refractivity contribution >= 4 is 29.4 Å². The molecule has 0 atom stereocenters. The average Bonchev–Trinajstić information content (AvgIpc) is 1.94. The van der Waals surface area contributed by atoms with Crippen molar-refractivity contribution in [2.24, 2.45) is 0 Å². The van der Waals surface area contributed by atoms with Gasteiger partial charge in [-0.3, -0.25) is 4.98 Å². The minimum atomic E-state index is 1.04. The lowest BCUT2D eigenvalue weighted by Crippen LogP contribution is -1.71. The Morgan fingerprint density at radius 2 is 2.11 bits per heavy atom. The number of hydrogen-bond donors (Lipinski definition) is 0. The molecule has 0 saturated heterocycles. The summed E-state index contributed by atoms with van der Waals surface area (Å²) in [6.45, 7) is 2.00. The molecule has 2 nitrogen and oxygen atoms in total. The van der Waals surface area contributed by atoms with Crippen molar-refractivity contribution in [3.63, 3.8) is 0 Å². The van der Waals surface area contributed by atoms with Gasteiger partial charge in [-0.25, -0.2) is 0 Å². The number of aromatic nitrogens is 1. The molecule has 0 amide bonds. The van der Waals surface area contributed by atoms with Crippen LogP contribution in [0.5, 0.6) is 0 Å².